The van der Waals surface area contributed by atoms with Crippen molar-refractivity contribution in [3.05, 3.63) is 59.7 Å². The molecule has 0 aromatic heterocycles. The number of hydrogen-bond donors (Lipinski definition) is 1. The topological polar surface area (TPSA) is 49.8 Å². The lowest BCUT2D eigenvalue weighted by Crippen LogP contribution is -2.31. The van der Waals surface area contributed by atoms with Gasteiger partial charge in [-0.3, -0.25) is 0 Å². The maximum absolute atomic E-state index is 10.8. The van der Waals surface area contributed by atoms with Crippen LogP contribution in [0.5, 0.6) is 5.75 Å². The van der Waals surface area contributed by atoms with Crippen LogP contribution in [0.4, 0.5) is 5.69 Å². The predicted octanol–water partition coefficient (Wildman–Crippen LogP) is 3.84. The number of carbonyl (C=O) groups is 1. The van der Waals surface area contributed by atoms with Gasteiger partial charge in [-0.2, -0.15) is 11.8 Å². The van der Waals surface area contributed by atoms with E-state index < -0.39 is 5.97 Å². The predicted molar refractivity (Wildman–Crippen MR) is 103 cm³/mol. The molecule has 1 aliphatic rings. The van der Waals surface area contributed by atoms with Crippen molar-refractivity contribution in [3.8, 4) is 5.75 Å². The van der Waals surface area contributed by atoms with Crippen LogP contribution >= 0.6 is 11.8 Å². The molecule has 0 saturated carbocycles. The lowest BCUT2D eigenvalue weighted by molar-refractivity contribution is -0.139. The molecule has 3 rings (SSSR count). The molecule has 1 aliphatic heterocycles. The van der Waals surface area contributed by atoms with Crippen molar-refractivity contribution >= 4 is 23.4 Å². The van der Waals surface area contributed by atoms with E-state index in [2.05, 4.69) is 35.2 Å². The van der Waals surface area contributed by atoms with Gasteiger partial charge in [0.15, 0.2) is 6.61 Å². The van der Waals surface area contributed by atoms with Gasteiger partial charge >= 0.3 is 5.97 Å². The standard InChI is InChI=1S/C20H23NO3S/c22-20(23)14-24-19-10-4-9-18-17(19)8-5-11-21(18)12-13-25-15-16-6-2-1-3-7-16/h1-4,6-7,9-10H,5,8,11-15H2,(H,22,23). The van der Waals surface area contributed by atoms with Crippen molar-refractivity contribution in [1.82, 2.24) is 0 Å². The molecule has 132 valence electrons. The van der Waals surface area contributed by atoms with Gasteiger partial charge in [0.2, 0.25) is 0 Å². The Bertz CT molecular complexity index is 705. The van der Waals surface area contributed by atoms with Crippen LogP contribution in [0, 0.1) is 0 Å². The summed E-state index contributed by atoms with van der Waals surface area (Å²) in [5.74, 6) is 1.86. The molecular weight excluding hydrogens is 334 g/mol. The number of thioether (sulfide) groups is 1. The normalized spacial score (nSPS) is 13.4. The number of carboxylic acids is 1. The molecule has 1 N–H and O–H groups in total. The minimum atomic E-state index is -0.942. The van der Waals surface area contributed by atoms with E-state index in [0.717, 1.165) is 43.0 Å². The number of aliphatic carboxylic acids is 1. The summed E-state index contributed by atoms with van der Waals surface area (Å²) >= 11 is 1.94. The summed E-state index contributed by atoms with van der Waals surface area (Å²) in [4.78, 5) is 13.2. The summed E-state index contributed by atoms with van der Waals surface area (Å²) in [6.07, 6.45) is 2.02. The van der Waals surface area contributed by atoms with Gasteiger partial charge < -0.3 is 14.7 Å². The summed E-state index contributed by atoms with van der Waals surface area (Å²) in [5, 5.41) is 8.83. The first-order valence-electron chi connectivity index (χ1n) is 8.57. The fourth-order valence-corrected chi connectivity index (χ4v) is 4.04. The molecule has 0 aliphatic carbocycles. The first-order chi connectivity index (χ1) is 12.2. The summed E-state index contributed by atoms with van der Waals surface area (Å²) in [7, 11) is 0. The number of fused-ring (bicyclic) bond motifs is 1. The van der Waals surface area contributed by atoms with Crippen molar-refractivity contribution in [2.45, 2.75) is 18.6 Å². The van der Waals surface area contributed by atoms with Gasteiger partial charge in [0.05, 0.1) is 0 Å². The molecule has 0 bridgehead atoms. The van der Waals surface area contributed by atoms with Gasteiger partial charge in [-0.1, -0.05) is 36.4 Å². The Labute approximate surface area is 152 Å². The molecule has 0 radical (unpaired) electrons. The molecule has 0 saturated heterocycles. The fraction of sp³-hybridized carbons (Fsp3) is 0.350. The molecular formula is C20H23NO3S. The molecule has 1 heterocycles. The van der Waals surface area contributed by atoms with E-state index in [1.165, 1.54) is 11.3 Å². The van der Waals surface area contributed by atoms with E-state index in [1.807, 2.05) is 30.0 Å². The van der Waals surface area contributed by atoms with Gasteiger partial charge in [-0.25, -0.2) is 4.79 Å². The molecule has 0 unspecified atom stereocenters. The second-order valence-electron chi connectivity index (χ2n) is 6.07. The highest BCUT2D eigenvalue weighted by atomic mass is 32.2. The van der Waals surface area contributed by atoms with E-state index in [-0.39, 0.29) is 6.61 Å². The van der Waals surface area contributed by atoms with Crippen LogP contribution in [0.15, 0.2) is 48.5 Å². The number of anilines is 1. The van der Waals surface area contributed by atoms with Crippen LogP contribution < -0.4 is 9.64 Å². The minimum absolute atomic E-state index is 0.288. The first kappa shape index (κ1) is 17.7. The van der Waals surface area contributed by atoms with Gasteiger partial charge in [-0.15, -0.1) is 0 Å². The third kappa shape index (κ3) is 4.92. The molecule has 2 aromatic carbocycles. The van der Waals surface area contributed by atoms with Crippen LogP contribution in [0.2, 0.25) is 0 Å². The number of benzene rings is 2. The highest BCUT2D eigenvalue weighted by Gasteiger charge is 2.20. The summed E-state index contributed by atoms with van der Waals surface area (Å²) in [6.45, 7) is 1.75. The zero-order valence-corrected chi connectivity index (χ0v) is 15.0. The second kappa shape index (κ2) is 8.81. The highest BCUT2D eigenvalue weighted by Crippen LogP contribution is 2.34. The highest BCUT2D eigenvalue weighted by molar-refractivity contribution is 7.98. The SMILES string of the molecule is O=C(O)COc1cccc2c1CCCN2CCSCc1ccccc1. The van der Waals surface area contributed by atoms with E-state index >= 15 is 0 Å². The van der Waals surface area contributed by atoms with Crippen molar-refractivity contribution in [2.75, 3.05) is 30.3 Å². The largest absolute Gasteiger partial charge is 0.482 e. The number of nitrogens with zero attached hydrogens (tertiary/aromatic N) is 1. The fourth-order valence-electron chi connectivity index (χ4n) is 3.11. The maximum atomic E-state index is 10.8. The average molecular weight is 357 g/mol. The zero-order valence-electron chi connectivity index (χ0n) is 14.2. The maximum Gasteiger partial charge on any atom is 0.341 e. The molecule has 0 fully saturated rings. The van der Waals surface area contributed by atoms with Crippen molar-refractivity contribution in [3.63, 3.8) is 0 Å². The van der Waals surface area contributed by atoms with Gasteiger partial charge in [0.25, 0.3) is 0 Å². The molecule has 5 heteroatoms. The first-order valence-corrected chi connectivity index (χ1v) is 9.72. The smallest absolute Gasteiger partial charge is 0.341 e. The van der Waals surface area contributed by atoms with Crippen LogP contribution in [0.25, 0.3) is 0 Å². The van der Waals surface area contributed by atoms with E-state index in [9.17, 15) is 4.79 Å². The Kier molecular flexibility index (Phi) is 6.23. The van der Waals surface area contributed by atoms with Crippen molar-refractivity contribution < 1.29 is 14.6 Å². The summed E-state index contributed by atoms with van der Waals surface area (Å²) < 4.78 is 5.47. The zero-order chi connectivity index (χ0) is 17.5. The molecule has 0 spiro atoms. The van der Waals surface area contributed by atoms with E-state index in [0.29, 0.717) is 5.75 Å². The van der Waals surface area contributed by atoms with Crippen LogP contribution in [-0.4, -0.2) is 36.5 Å². The molecule has 2 aromatic rings. The number of ether oxygens (including phenoxy) is 1. The third-order valence-electron chi connectivity index (χ3n) is 4.27. The van der Waals surface area contributed by atoms with E-state index in [1.54, 1.807) is 0 Å². The molecule has 0 amide bonds. The lowest BCUT2D eigenvalue weighted by atomic mass is 10.0. The Balaban J connectivity index is 1.57. The van der Waals surface area contributed by atoms with E-state index in [4.69, 9.17) is 9.84 Å². The lowest BCUT2D eigenvalue weighted by Gasteiger charge is -2.32. The van der Waals surface area contributed by atoms with Crippen molar-refractivity contribution in [2.24, 2.45) is 0 Å². The number of hydrogen-bond acceptors (Lipinski definition) is 4. The van der Waals surface area contributed by atoms with Gasteiger partial charge in [0.1, 0.15) is 5.75 Å². The van der Waals surface area contributed by atoms with Crippen LogP contribution in [0.1, 0.15) is 17.5 Å². The molecule has 0 atom stereocenters. The van der Waals surface area contributed by atoms with Crippen molar-refractivity contribution in [1.29, 1.82) is 0 Å². The van der Waals surface area contributed by atoms with Gasteiger partial charge in [0, 0.05) is 35.8 Å². The molecule has 25 heavy (non-hydrogen) atoms. The summed E-state index contributed by atoms with van der Waals surface area (Å²) in [5.41, 5.74) is 3.69. The van der Waals surface area contributed by atoms with Crippen LogP contribution in [-0.2, 0) is 17.0 Å². The quantitative estimate of drug-likeness (QED) is 0.728. The number of rotatable bonds is 8. The Morgan fingerprint density at radius 2 is 2.00 bits per heavy atom. The van der Waals surface area contributed by atoms with Crippen LogP contribution in [0.3, 0.4) is 0 Å². The average Bonchev–Trinajstić information content (AvgIpc) is 2.64. The summed E-state index contributed by atoms with van der Waals surface area (Å²) in [6, 6.07) is 16.5. The number of carboxylic acid groups (broad SMARTS) is 1. The third-order valence-corrected chi connectivity index (χ3v) is 5.28. The minimum Gasteiger partial charge on any atom is -0.482 e. The monoisotopic (exact) mass is 357 g/mol. The Morgan fingerprint density at radius 3 is 2.80 bits per heavy atom. The van der Waals surface area contributed by atoms with Gasteiger partial charge in [-0.05, 0) is 30.5 Å². The Morgan fingerprint density at radius 1 is 1.16 bits per heavy atom. The Hall–Kier alpha value is -2.14. The molecule has 4 nitrogen and oxygen atoms in total. The second-order valence-corrected chi connectivity index (χ2v) is 7.17.